The number of aliphatic hydroxyl groups excluding tert-OH is 2. The second-order valence-corrected chi connectivity index (χ2v) is 16.2. The maximum Gasteiger partial charge on any atom is 0.268 e. The molecule has 0 saturated carbocycles. The Bertz CT molecular complexity index is 1230. The number of amides is 1. The quantitative estimate of drug-likeness (QED) is 0.0192. The summed E-state index contributed by atoms with van der Waals surface area (Å²) in [6.45, 7) is 4.28. The molecule has 0 aliphatic carbocycles. The van der Waals surface area contributed by atoms with Crippen LogP contribution in [0.5, 0.6) is 0 Å². The topological polar surface area (TPSA) is 128 Å². The smallest absolute Gasteiger partial charge is 0.268 e. The van der Waals surface area contributed by atoms with E-state index in [-0.39, 0.29) is 18.9 Å². The zero-order valence-corrected chi connectivity index (χ0v) is 35.8. The Morgan fingerprint density at radius 1 is 0.709 bits per heavy atom. The fraction of sp³-hybridized carbons (Fsp3) is 0.622. The predicted molar refractivity (Wildman–Crippen MR) is 229 cm³/mol. The number of hydrogen-bond acceptors (Lipinski definition) is 7. The Balaban J connectivity index is 4.68. The molecule has 0 aliphatic rings. The van der Waals surface area contributed by atoms with Crippen molar-refractivity contribution in [3.05, 3.63) is 97.2 Å². The lowest BCUT2D eigenvalue weighted by molar-refractivity contribution is -0.870. The lowest BCUT2D eigenvalue weighted by Crippen LogP contribution is -2.45. The van der Waals surface area contributed by atoms with Crippen molar-refractivity contribution in [2.75, 3.05) is 40.9 Å². The molecule has 0 radical (unpaired) electrons. The van der Waals surface area contributed by atoms with Gasteiger partial charge >= 0.3 is 0 Å². The minimum absolute atomic E-state index is 0.0292. The van der Waals surface area contributed by atoms with Gasteiger partial charge in [0, 0.05) is 6.42 Å². The molecule has 9 nitrogen and oxygen atoms in total. The van der Waals surface area contributed by atoms with Gasteiger partial charge in [-0.3, -0.25) is 9.36 Å². The van der Waals surface area contributed by atoms with Crippen molar-refractivity contribution in [2.45, 2.75) is 141 Å². The molecule has 2 unspecified atom stereocenters. The van der Waals surface area contributed by atoms with E-state index in [4.69, 9.17) is 9.05 Å². The number of phosphoric ester groups is 1. The van der Waals surface area contributed by atoms with Gasteiger partial charge in [-0.25, -0.2) is 0 Å². The normalized spacial score (nSPS) is 16.0. The molecule has 1 amide bonds. The van der Waals surface area contributed by atoms with E-state index in [1.54, 1.807) is 12.2 Å². The molecule has 0 saturated heterocycles. The molecule has 0 aromatic rings. The third kappa shape index (κ3) is 38.1. The Labute approximate surface area is 335 Å². The van der Waals surface area contributed by atoms with Crippen molar-refractivity contribution in [3.8, 4) is 0 Å². The number of aliphatic hydroxyl groups is 2. The van der Waals surface area contributed by atoms with Crippen LogP contribution in [0.1, 0.15) is 123 Å². The monoisotopic (exact) mass is 789 g/mol. The van der Waals surface area contributed by atoms with Crippen molar-refractivity contribution < 1.29 is 38.0 Å². The summed E-state index contributed by atoms with van der Waals surface area (Å²) >= 11 is 0. The van der Waals surface area contributed by atoms with Gasteiger partial charge in [-0.05, 0) is 70.6 Å². The van der Waals surface area contributed by atoms with Crippen LogP contribution in [-0.4, -0.2) is 79.8 Å². The van der Waals surface area contributed by atoms with Crippen LogP contribution in [0, 0.1) is 0 Å². The number of hydrogen-bond donors (Lipinski definition) is 3. The first-order valence-electron chi connectivity index (χ1n) is 20.7. The third-order valence-electron chi connectivity index (χ3n) is 8.34. The fourth-order valence-corrected chi connectivity index (χ4v) is 5.75. The number of carbonyl (C=O) groups is 1. The van der Waals surface area contributed by atoms with Gasteiger partial charge in [-0.1, -0.05) is 143 Å². The van der Waals surface area contributed by atoms with Crippen LogP contribution >= 0.6 is 7.82 Å². The van der Waals surface area contributed by atoms with E-state index in [0.717, 1.165) is 57.8 Å². The van der Waals surface area contributed by atoms with Crippen LogP contribution in [0.15, 0.2) is 97.2 Å². The molecule has 4 atom stereocenters. The molecule has 0 fully saturated rings. The van der Waals surface area contributed by atoms with Crippen LogP contribution in [-0.2, 0) is 18.4 Å². The highest BCUT2D eigenvalue weighted by atomic mass is 31.2. The first-order valence-corrected chi connectivity index (χ1v) is 22.2. The average molecular weight is 789 g/mol. The summed E-state index contributed by atoms with van der Waals surface area (Å²) in [5, 5.41) is 23.5. The molecule has 3 N–H and O–H groups in total. The van der Waals surface area contributed by atoms with E-state index >= 15 is 0 Å². The molecular formula is C45H77N2O7P. The van der Waals surface area contributed by atoms with Crippen molar-refractivity contribution in [1.82, 2.24) is 5.32 Å². The first kappa shape index (κ1) is 52.4. The SMILES string of the molecule is CC/C=C\CC(O)/C=C/C=C/C/C=C\C/C=C\C/C=C\CCC(=O)N[C@@H](COP(=O)([O-])OCC[N+](C)(C)C)[C@H](O)/C=C/CCCCCCCC/C=C\CCC. The molecule has 0 aromatic heterocycles. The lowest BCUT2D eigenvalue weighted by atomic mass is 10.1. The number of rotatable bonds is 35. The van der Waals surface area contributed by atoms with Gasteiger partial charge in [0.05, 0.1) is 46.0 Å². The first-order chi connectivity index (χ1) is 26.4. The molecule has 0 rings (SSSR count). The number of nitrogens with one attached hydrogen (secondary N) is 1. The molecule has 55 heavy (non-hydrogen) atoms. The van der Waals surface area contributed by atoms with E-state index in [0.29, 0.717) is 23.9 Å². The van der Waals surface area contributed by atoms with E-state index in [9.17, 15) is 24.5 Å². The average Bonchev–Trinajstić information content (AvgIpc) is 3.13. The predicted octanol–water partition coefficient (Wildman–Crippen LogP) is 9.52. The Kier molecular flexibility index (Phi) is 34.1. The van der Waals surface area contributed by atoms with Gasteiger partial charge in [-0.2, -0.15) is 0 Å². The van der Waals surface area contributed by atoms with E-state index < -0.39 is 32.7 Å². The zero-order chi connectivity index (χ0) is 40.9. The van der Waals surface area contributed by atoms with Crippen LogP contribution in [0.4, 0.5) is 0 Å². The minimum atomic E-state index is -4.62. The second kappa shape index (κ2) is 35.8. The third-order valence-corrected chi connectivity index (χ3v) is 9.31. The maximum atomic E-state index is 12.8. The number of likely N-dealkylation sites (N-methyl/N-ethyl adjacent to an activating group) is 1. The number of carbonyl (C=O) groups excluding carboxylic acids is 1. The maximum absolute atomic E-state index is 12.8. The highest BCUT2D eigenvalue weighted by Gasteiger charge is 2.23. The van der Waals surface area contributed by atoms with Gasteiger partial charge < -0.3 is 34.0 Å². The summed E-state index contributed by atoms with van der Waals surface area (Å²) in [6.07, 6.45) is 46.5. The van der Waals surface area contributed by atoms with Crippen LogP contribution < -0.4 is 10.2 Å². The highest BCUT2D eigenvalue weighted by Crippen LogP contribution is 2.38. The largest absolute Gasteiger partial charge is 0.756 e. The second-order valence-electron chi connectivity index (χ2n) is 14.8. The van der Waals surface area contributed by atoms with Gasteiger partial charge in [0.1, 0.15) is 13.2 Å². The number of unbranched alkanes of at least 4 members (excludes halogenated alkanes) is 8. The van der Waals surface area contributed by atoms with Gasteiger partial charge in [0.2, 0.25) is 5.91 Å². The molecule has 10 heteroatoms. The summed E-state index contributed by atoms with van der Waals surface area (Å²) in [4.78, 5) is 25.2. The van der Waals surface area contributed by atoms with Crippen molar-refractivity contribution in [2.24, 2.45) is 0 Å². The Morgan fingerprint density at radius 2 is 1.29 bits per heavy atom. The number of phosphoric acid groups is 1. The van der Waals surface area contributed by atoms with Gasteiger partial charge in [-0.15, -0.1) is 0 Å². The molecule has 0 aromatic carbocycles. The van der Waals surface area contributed by atoms with Crippen LogP contribution in [0.25, 0.3) is 0 Å². The fourth-order valence-electron chi connectivity index (χ4n) is 5.02. The van der Waals surface area contributed by atoms with Crippen molar-refractivity contribution in [3.63, 3.8) is 0 Å². The minimum Gasteiger partial charge on any atom is -0.756 e. The van der Waals surface area contributed by atoms with Crippen molar-refractivity contribution in [1.29, 1.82) is 0 Å². The molecule has 0 aliphatic heterocycles. The lowest BCUT2D eigenvalue weighted by Gasteiger charge is -2.29. The summed E-state index contributed by atoms with van der Waals surface area (Å²) in [6, 6.07) is -0.947. The summed E-state index contributed by atoms with van der Waals surface area (Å²) < 4.78 is 23.1. The van der Waals surface area contributed by atoms with E-state index in [1.807, 2.05) is 63.7 Å². The molecule has 0 spiro atoms. The Morgan fingerprint density at radius 3 is 1.93 bits per heavy atom. The number of nitrogens with zero attached hydrogens (tertiary/aromatic N) is 1. The van der Waals surface area contributed by atoms with E-state index in [2.05, 4.69) is 61.7 Å². The Hall–Kier alpha value is -2.62. The zero-order valence-electron chi connectivity index (χ0n) is 34.9. The van der Waals surface area contributed by atoms with Gasteiger partial charge in [0.25, 0.3) is 7.82 Å². The molecular weight excluding hydrogens is 711 g/mol. The van der Waals surface area contributed by atoms with Crippen molar-refractivity contribution >= 4 is 13.7 Å². The summed E-state index contributed by atoms with van der Waals surface area (Å²) in [5.41, 5.74) is 0. The van der Waals surface area contributed by atoms with Crippen LogP contribution in [0.3, 0.4) is 0 Å². The van der Waals surface area contributed by atoms with Crippen LogP contribution in [0.2, 0.25) is 0 Å². The number of allylic oxidation sites excluding steroid dienone is 13. The molecule has 314 valence electrons. The summed E-state index contributed by atoms with van der Waals surface area (Å²) in [5.74, 6) is -0.302. The molecule has 0 heterocycles. The molecule has 0 bridgehead atoms. The highest BCUT2D eigenvalue weighted by molar-refractivity contribution is 7.45. The summed E-state index contributed by atoms with van der Waals surface area (Å²) in [7, 11) is 1.16. The number of quaternary nitrogens is 1. The standard InChI is InChI=1S/C45H77N2O7P/c1-6-8-10-11-12-13-14-16-20-23-26-29-33-37-44(49)43(41-54-55(51,52)53-40-39-47(3,4)5)46-45(50)38-34-30-27-24-21-18-15-17-19-22-25-28-32-36-42(48)35-31-9-7-2/h9-11,17-19,21,25,27-28,30-33,36-37,42-44,48-49H,6-8,12-16,20,22-24,26,29,34-35,38-41H2,1-5H3,(H-,46,50,51,52)/b11-10-,19-17-,21-18-,28-25+,30-27-,31-9-,36-32+,37-33+/t42?,43-,44+/m0/s1. The van der Waals surface area contributed by atoms with Gasteiger partial charge in [0.15, 0.2) is 0 Å². The van der Waals surface area contributed by atoms with E-state index in [1.165, 1.54) is 32.1 Å².